The fourth-order valence-corrected chi connectivity index (χ4v) is 2.01. The van der Waals surface area contributed by atoms with E-state index in [2.05, 4.69) is 10.6 Å². The van der Waals surface area contributed by atoms with Crippen molar-refractivity contribution in [3.8, 4) is 0 Å². The molecule has 7 heteroatoms. The minimum atomic E-state index is -1.03. The first-order valence-electron chi connectivity index (χ1n) is 5.51. The summed E-state index contributed by atoms with van der Waals surface area (Å²) in [4.78, 5) is 33.3. The molecule has 0 saturated carbocycles. The molecule has 0 aromatic carbocycles. The van der Waals surface area contributed by atoms with Gasteiger partial charge in [0.15, 0.2) is 0 Å². The summed E-state index contributed by atoms with van der Waals surface area (Å²) in [5.41, 5.74) is 0.470. The van der Waals surface area contributed by atoms with Crippen LogP contribution in [-0.2, 0) is 9.59 Å². The number of carbonyl (C=O) groups excluding carboxylic acids is 2. The second-order valence-corrected chi connectivity index (χ2v) is 4.59. The van der Waals surface area contributed by atoms with E-state index in [0.717, 1.165) is 6.08 Å². The van der Waals surface area contributed by atoms with E-state index < -0.39 is 5.97 Å². The molecule has 0 aliphatic rings. The lowest BCUT2D eigenvalue weighted by Crippen LogP contribution is -2.33. The van der Waals surface area contributed by atoms with Crippen molar-refractivity contribution in [2.24, 2.45) is 0 Å². The molecule has 1 rings (SSSR count). The van der Waals surface area contributed by atoms with Crippen molar-refractivity contribution >= 4 is 35.2 Å². The van der Waals surface area contributed by atoms with E-state index in [-0.39, 0.29) is 11.8 Å². The van der Waals surface area contributed by atoms with Gasteiger partial charge >= 0.3 is 5.97 Å². The van der Waals surface area contributed by atoms with E-state index in [4.69, 9.17) is 5.11 Å². The molecule has 0 unspecified atom stereocenters. The van der Waals surface area contributed by atoms with E-state index in [1.165, 1.54) is 24.3 Å². The lowest BCUT2D eigenvalue weighted by Gasteiger charge is -2.03. The second kappa shape index (κ2) is 7.32. The molecule has 0 aliphatic heterocycles. The third-order valence-electron chi connectivity index (χ3n) is 2.06. The van der Waals surface area contributed by atoms with Crippen LogP contribution in [0.15, 0.2) is 17.5 Å². The van der Waals surface area contributed by atoms with Gasteiger partial charge in [0.1, 0.15) is 0 Å². The zero-order valence-corrected chi connectivity index (χ0v) is 11.1. The summed E-state index contributed by atoms with van der Waals surface area (Å²) in [5, 5.41) is 15.3. The zero-order valence-electron chi connectivity index (χ0n) is 10.3. The SMILES string of the molecule is CC(=O)NCCNC(=O)c1csc(C=CC(=O)O)c1. The van der Waals surface area contributed by atoms with Crippen LogP contribution >= 0.6 is 11.3 Å². The molecule has 0 fully saturated rings. The van der Waals surface area contributed by atoms with Gasteiger partial charge in [-0.25, -0.2) is 4.79 Å². The summed E-state index contributed by atoms with van der Waals surface area (Å²) in [5.74, 6) is -1.43. The van der Waals surface area contributed by atoms with Crippen LogP contribution in [0.4, 0.5) is 0 Å². The Morgan fingerprint density at radius 1 is 1.32 bits per heavy atom. The number of rotatable bonds is 6. The molecule has 19 heavy (non-hydrogen) atoms. The zero-order chi connectivity index (χ0) is 14.3. The Morgan fingerprint density at radius 3 is 2.63 bits per heavy atom. The van der Waals surface area contributed by atoms with Crippen molar-refractivity contribution in [1.29, 1.82) is 0 Å². The number of nitrogens with one attached hydrogen (secondary N) is 2. The highest BCUT2D eigenvalue weighted by atomic mass is 32.1. The number of aliphatic carboxylic acids is 1. The Balaban J connectivity index is 2.45. The molecule has 1 aromatic rings. The Bertz CT molecular complexity index is 508. The summed E-state index contributed by atoms with van der Waals surface area (Å²) in [6.45, 7) is 2.12. The minimum Gasteiger partial charge on any atom is -0.478 e. The van der Waals surface area contributed by atoms with Gasteiger partial charge in [0.05, 0.1) is 5.56 Å². The number of amides is 2. The summed E-state index contributed by atoms with van der Waals surface area (Å²) in [7, 11) is 0. The fraction of sp³-hybridized carbons (Fsp3) is 0.250. The van der Waals surface area contributed by atoms with Crippen LogP contribution in [0.25, 0.3) is 6.08 Å². The first kappa shape index (κ1) is 14.9. The van der Waals surface area contributed by atoms with Crippen LogP contribution in [0.5, 0.6) is 0 Å². The van der Waals surface area contributed by atoms with Crippen LogP contribution in [0.3, 0.4) is 0 Å². The third-order valence-corrected chi connectivity index (χ3v) is 2.95. The molecule has 1 aromatic heterocycles. The number of hydrogen-bond acceptors (Lipinski definition) is 4. The van der Waals surface area contributed by atoms with Gasteiger partial charge in [-0.2, -0.15) is 0 Å². The highest BCUT2D eigenvalue weighted by molar-refractivity contribution is 7.11. The first-order valence-corrected chi connectivity index (χ1v) is 6.39. The van der Waals surface area contributed by atoms with Gasteiger partial charge in [0, 0.05) is 36.3 Å². The third kappa shape index (κ3) is 5.82. The van der Waals surface area contributed by atoms with Crippen LogP contribution in [0.2, 0.25) is 0 Å². The normalized spacial score (nSPS) is 10.4. The molecule has 1 heterocycles. The molecular weight excluding hydrogens is 268 g/mol. The molecule has 2 amide bonds. The molecule has 0 saturated heterocycles. The van der Waals surface area contributed by atoms with Gasteiger partial charge in [-0.3, -0.25) is 9.59 Å². The van der Waals surface area contributed by atoms with Crippen molar-refractivity contribution in [1.82, 2.24) is 10.6 Å². The average Bonchev–Trinajstić information content (AvgIpc) is 2.80. The molecule has 3 N–H and O–H groups in total. The number of carbonyl (C=O) groups is 3. The number of carboxylic acid groups (broad SMARTS) is 1. The van der Waals surface area contributed by atoms with Gasteiger partial charge < -0.3 is 15.7 Å². The van der Waals surface area contributed by atoms with Gasteiger partial charge in [0.25, 0.3) is 5.91 Å². The van der Waals surface area contributed by atoms with Crippen LogP contribution in [-0.4, -0.2) is 36.0 Å². The number of hydrogen-bond donors (Lipinski definition) is 3. The van der Waals surface area contributed by atoms with E-state index in [1.54, 1.807) is 11.4 Å². The van der Waals surface area contributed by atoms with Crippen molar-refractivity contribution in [3.63, 3.8) is 0 Å². The Hall–Kier alpha value is -2.15. The quantitative estimate of drug-likeness (QED) is 0.529. The maximum absolute atomic E-state index is 11.7. The van der Waals surface area contributed by atoms with Crippen LogP contribution < -0.4 is 10.6 Å². The van der Waals surface area contributed by atoms with E-state index in [0.29, 0.717) is 23.5 Å². The van der Waals surface area contributed by atoms with Crippen molar-refractivity contribution in [2.75, 3.05) is 13.1 Å². The lowest BCUT2D eigenvalue weighted by atomic mass is 10.3. The highest BCUT2D eigenvalue weighted by Gasteiger charge is 2.07. The van der Waals surface area contributed by atoms with Gasteiger partial charge in [-0.1, -0.05) is 0 Å². The Morgan fingerprint density at radius 2 is 2.00 bits per heavy atom. The van der Waals surface area contributed by atoms with Gasteiger partial charge in [-0.05, 0) is 12.1 Å². The summed E-state index contributed by atoms with van der Waals surface area (Å²) in [6, 6.07) is 1.61. The van der Waals surface area contributed by atoms with E-state index in [9.17, 15) is 14.4 Å². The monoisotopic (exact) mass is 282 g/mol. The molecule has 0 bridgehead atoms. The Kier molecular flexibility index (Phi) is 5.74. The van der Waals surface area contributed by atoms with E-state index in [1.807, 2.05) is 0 Å². The molecular formula is C12H14N2O4S. The number of thiophene rings is 1. The fourth-order valence-electron chi connectivity index (χ4n) is 1.23. The van der Waals surface area contributed by atoms with Gasteiger partial charge in [0.2, 0.25) is 5.91 Å². The maximum atomic E-state index is 11.7. The van der Waals surface area contributed by atoms with Crippen molar-refractivity contribution in [2.45, 2.75) is 6.92 Å². The molecule has 102 valence electrons. The topological polar surface area (TPSA) is 95.5 Å². The predicted molar refractivity (Wildman–Crippen MR) is 72.0 cm³/mol. The average molecular weight is 282 g/mol. The Labute approximate surface area is 114 Å². The standard InChI is InChI=1S/C12H14N2O4S/c1-8(15)13-4-5-14-12(18)9-6-10(19-7-9)2-3-11(16)17/h2-3,6-7H,4-5H2,1H3,(H,13,15)(H,14,18)(H,16,17). The molecule has 0 atom stereocenters. The van der Waals surface area contributed by atoms with Crippen LogP contribution in [0, 0.1) is 0 Å². The molecule has 0 spiro atoms. The predicted octanol–water partition coefficient (Wildman–Crippen LogP) is 0.712. The molecule has 6 nitrogen and oxygen atoms in total. The maximum Gasteiger partial charge on any atom is 0.328 e. The molecule has 0 aliphatic carbocycles. The summed E-state index contributed by atoms with van der Waals surface area (Å²) >= 11 is 1.28. The second-order valence-electron chi connectivity index (χ2n) is 3.65. The summed E-state index contributed by atoms with van der Waals surface area (Å²) in [6.07, 6.45) is 2.45. The minimum absolute atomic E-state index is 0.147. The first-order chi connectivity index (χ1) is 8.99. The summed E-state index contributed by atoms with van der Waals surface area (Å²) < 4.78 is 0. The van der Waals surface area contributed by atoms with E-state index >= 15 is 0 Å². The lowest BCUT2D eigenvalue weighted by molar-refractivity contribution is -0.131. The highest BCUT2D eigenvalue weighted by Crippen LogP contribution is 2.16. The number of carboxylic acids is 1. The van der Waals surface area contributed by atoms with Crippen molar-refractivity contribution in [3.05, 3.63) is 28.0 Å². The smallest absolute Gasteiger partial charge is 0.328 e. The van der Waals surface area contributed by atoms with Gasteiger partial charge in [-0.15, -0.1) is 11.3 Å². The van der Waals surface area contributed by atoms with Crippen molar-refractivity contribution < 1.29 is 19.5 Å². The molecule has 0 radical (unpaired) electrons. The van der Waals surface area contributed by atoms with Crippen LogP contribution in [0.1, 0.15) is 22.2 Å². The largest absolute Gasteiger partial charge is 0.478 e.